The van der Waals surface area contributed by atoms with Gasteiger partial charge in [-0.1, -0.05) is 32.6 Å². The lowest BCUT2D eigenvalue weighted by Gasteiger charge is -2.26. The Kier molecular flexibility index (Phi) is 10.4. The molecule has 0 aliphatic carbocycles. The summed E-state index contributed by atoms with van der Waals surface area (Å²) >= 11 is 0. The third kappa shape index (κ3) is 8.88. The van der Waals surface area contributed by atoms with Crippen LogP contribution in [-0.4, -0.2) is 35.7 Å². The number of hydrogen-bond acceptors (Lipinski definition) is 2. The van der Waals surface area contributed by atoms with Gasteiger partial charge in [0.25, 0.3) is 0 Å². The number of nitrogens with zero attached hydrogens (tertiary/aromatic N) is 1. The molecule has 0 aliphatic heterocycles. The fraction of sp³-hybridized carbons (Fsp3) is 1.00. The number of unbranched alkanes of at least 4 members (excludes halogenated alkanes) is 4. The second kappa shape index (κ2) is 10.4. The Balaban J connectivity index is 3.48. The van der Waals surface area contributed by atoms with Gasteiger partial charge in [-0.15, -0.1) is 0 Å². The van der Waals surface area contributed by atoms with Gasteiger partial charge in [-0.25, -0.2) is 0 Å². The van der Waals surface area contributed by atoms with Crippen LogP contribution >= 0.6 is 0 Å². The van der Waals surface area contributed by atoms with Crippen molar-refractivity contribution >= 4 is 0 Å². The molecule has 0 saturated heterocycles. The zero-order chi connectivity index (χ0) is 11.5. The van der Waals surface area contributed by atoms with Crippen molar-refractivity contribution in [3.05, 3.63) is 0 Å². The van der Waals surface area contributed by atoms with Gasteiger partial charge in [0.05, 0.1) is 0 Å². The Bertz CT molecular complexity index is 126. The average molecular weight is 215 g/mol. The van der Waals surface area contributed by atoms with Crippen molar-refractivity contribution in [1.82, 2.24) is 4.90 Å². The van der Waals surface area contributed by atoms with E-state index in [1.54, 1.807) is 0 Å². The van der Waals surface area contributed by atoms with E-state index >= 15 is 0 Å². The normalized spacial score (nSPS) is 11.6. The molecule has 2 heteroatoms. The molecule has 0 saturated carbocycles. The average Bonchev–Trinajstić information content (AvgIpc) is 2.21. The highest BCUT2D eigenvalue weighted by atomic mass is 16.3. The molecule has 0 fully saturated rings. The van der Waals surface area contributed by atoms with Crippen LogP contribution in [-0.2, 0) is 0 Å². The first-order chi connectivity index (χ1) is 7.22. The molecule has 0 amide bonds. The van der Waals surface area contributed by atoms with Crippen molar-refractivity contribution in [2.45, 2.75) is 65.3 Å². The van der Waals surface area contributed by atoms with Crippen molar-refractivity contribution in [3.8, 4) is 0 Å². The predicted octanol–water partition coefficient (Wildman–Crippen LogP) is 3.05. The molecule has 0 rings (SSSR count). The van der Waals surface area contributed by atoms with E-state index in [0.29, 0.717) is 12.6 Å². The Morgan fingerprint density at radius 3 is 2.07 bits per heavy atom. The molecule has 92 valence electrons. The van der Waals surface area contributed by atoms with Crippen LogP contribution in [0, 0.1) is 0 Å². The minimum absolute atomic E-state index is 0.319. The molecule has 0 unspecified atom stereocenters. The van der Waals surface area contributed by atoms with Crippen molar-refractivity contribution in [1.29, 1.82) is 0 Å². The maximum Gasteiger partial charge on any atom is 0.0443 e. The fourth-order valence-corrected chi connectivity index (χ4v) is 1.82. The highest BCUT2D eigenvalue weighted by molar-refractivity contribution is 4.62. The van der Waals surface area contributed by atoms with Crippen LogP contribution in [0.4, 0.5) is 0 Å². The minimum atomic E-state index is 0.319. The van der Waals surface area contributed by atoms with Gasteiger partial charge in [-0.3, -0.25) is 0 Å². The highest BCUT2D eigenvalue weighted by Gasteiger charge is 2.07. The monoisotopic (exact) mass is 215 g/mol. The topological polar surface area (TPSA) is 23.5 Å². The molecule has 2 nitrogen and oxygen atoms in total. The molecular formula is C13H29NO. The number of rotatable bonds is 10. The summed E-state index contributed by atoms with van der Waals surface area (Å²) in [6, 6.07) is 0.614. The van der Waals surface area contributed by atoms with Gasteiger partial charge in [-0.05, 0) is 33.2 Å². The molecule has 1 N–H and O–H groups in total. The van der Waals surface area contributed by atoms with Crippen molar-refractivity contribution < 1.29 is 5.11 Å². The summed E-state index contributed by atoms with van der Waals surface area (Å²) < 4.78 is 0. The maximum atomic E-state index is 8.81. The molecule has 0 spiro atoms. The summed E-state index contributed by atoms with van der Waals surface area (Å²) in [6.07, 6.45) is 7.64. The quantitative estimate of drug-likeness (QED) is 0.566. The Morgan fingerprint density at radius 1 is 0.933 bits per heavy atom. The van der Waals surface area contributed by atoms with Crippen LogP contribution in [0.15, 0.2) is 0 Å². The molecule has 15 heavy (non-hydrogen) atoms. The van der Waals surface area contributed by atoms with Crippen molar-refractivity contribution in [2.75, 3.05) is 19.7 Å². The second-order valence-corrected chi connectivity index (χ2v) is 4.62. The van der Waals surface area contributed by atoms with Gasteiger partial charge in [0.2, 0.25) is 0 Å². The molecule has 0 aromatic heterocycles. The zero-order valence-corrected chi connectivity index (χ0v) is 10.8. The standard InChI is InChI=1S/C13H29NO/c1-4-5-6-7-8-10-14(13(2)3)11-9-12-15/h13,15H,4-12H2,1-3H3. The van der Waals surface area contributed by atoms with E-state index in [9.17, 15) is 0 Å². The van der Waals surface area contributed by atoms with E-state index in [1.807, 2.05) is 0 Å². The maximum absolute atomic E-state index is 8.81. The second-order valence-electron chi connectivity index (χ2n) is 4.62. The summed E-state index contributed by atoms with van der Waals surface area (Å²) in [5.41, 5.74) is 0. The number of hydrogen-bond donors (Lipinski definition) is 1. The summed E-state index contributed by atoms with van der Waals surface area (Å²) in [4.78, 5) is 2.47. The van der Waals surface area contributed by atoms with E-state index < -0.39 is 0 Å². The minimum Gasteiger partial charge on any atom is -0.396 e. The van der Waals surface area contributed by atoms with Gasteiger partial charge in [-0.2, -0.15) is 0 Å². The predicted molar refractivity (Wildman–Crippen MR) is 67.2 cm³/mol. The Labute approximate surface area is 95.7 Å². The molecule has 0 heterocycles. The first kappa shape index (κ1) is 14.9. The van der Waals surface area contributed by atoms with E-state index in [1.165, 1.54) is 38.6 Å². The summed E-state index contributed by atoms with van der Waals surface area (Å²) in [5.74, 6) is 0. The van der Waals surface area contributed by atoms with Gasteiger partial charge in [0.15, 0.2) is 0 Å². The van der Waals surface area contributed by atoms with Crippen LogP contribution in [0.25, 0.3) is 0 Å². The van der Waals surface area contributed by atoms with E-state index in [-0.39, 0.29) is 0 Å². The first-order valence-electron chi connectivity index (χ1n) is 6.57. The summed E-state index contributed by atoms with van der Waals surface area (Å²) in [5, 5.41) is 8.81. The molecule has 0 bridgehead atoms. The van der Waals surface area contributed by atoms with Crippen molar-refractivity contribution in [2.24, 2.45) is 0 Å². The lowest BCUT2D eigenvalue weighted by molar-refractivity contribution is 0.188. The van der Waals surface area contributed by atoms with Crippen LogP contribution in [0.1, 0.15) is 59.3 Å². The Morgan fingerprint density at radius 2 is 1.53 bits per heavy atom. The van der Waals surface area contributed by atoms with Gasteiger partial charge in [0.1, 0.15) is 0 Å². The van der Waals surface area contributed by atoms with Gasteiger partial charge in [0, 0.05) is 19.2 Å². The van der Waals surface area contributed by atoms with E-state index in [4.69, 9.17) is 5.11 Å². The summed E-state index contributed by atoms with van der Waals surface area (Å²) in [7, 11) is 0. The largest absolute Gasteiger partial charge is 0.396 e. The molecule has 0 aromatic carbocycles. The molecular weight excluding hydrogens is 186 g/mol. The highest BCUT2D eigenvalue weighted by Crippen LogP contribution is 2.06. The van der Waals surface area contributed by atoms with Crippen molar-refractivity contribution in [3.63, 3.8) is 0 Å². The first-order valence-corrected chi connectivity index (χ1v) is 6.57. The van der Waals surface area contributed by atoms with Gasteiger partial charge < -0.3 is 10.0 Å². The number of aliphatic hydroxyl groups is 1. The third-order valence-electron chi connectivity index (χ3n) is 2.88. The summed E-state index contributed by atoms with van der Waals surface area (Å²) in [6.45, 7) is 9.29. The SMILES string of the molecule is CCCCCCCN(CCCO)C(C)C. The number of aliphatic hydroxyl groups excluding tert-OH is 1. The Hall–Kier alpha value is -0.0800. The van der Waals surface area contributed by atoms with E-state index in [0.717, 1.165) is 13.0 Å². The molecule has 0 aliphatic rings. The van der Waals surface area contributed by atoms with Crippen LogP contribution in [0.3, 0.4) is 0 Å². The van der Waals surface area contributed by atoms with Crippen LogP contribution in [0.5, 0.6) is 0 Å². The van der Waals surface area contributed by atoms with Crippen LogP contribution < -0.4 is 0 Å². The van der Waals surface area contributed by atoms with Gasteiger partial charge >= 0.3 is 0 Å². The molecule has 0 radical (unpaired) electrons. The van der Waals surface area contributed by atoms with E-state index in [2.05, 4.69) is 25.7 Å². The third-order valence-corrected chi connectivity index (χ3v) is 2.88. The smallest absolute Gasteiger partial charge is 0.0443 e. The molecule has 0 atom stereocenters. The van der Waals surface area contributed by atoms with Crippen LogP contribution in [0.2, 0.25) is 0 Å². The lowest BCUT2D eigenvalue weighted by atomic mass is 10.1. The molecule has 0 aromatic rings. The fourth-order valence-electron chi connectivity index (χ4n) is 1.82. The zero-order valence-electron chi connectivity index (χ0n) is 10.8. The lowest BCUT2D eigenvalue weighted by Crippen LogP contribution is -2.33.